The monoisotopic (exact) mass is 271 g/mol. The molecule has 0 unspecified atom stereocenters. The highest BCUT2D eigenvalue weighted by Gasteiger charge is 2.14. The van der Waals surface area contributed by atoms with Gasteiger partial charge in [0.05, 0.1) is 12.8 Å². The van der Waals surface area contributed by atoms with Gasteiger partial charge in [-0.3, -0.25) is 0 Å². The number of aryl methyl sites for hydroxylation is 1. The lowest BCUT2D eigenvalue weighted by Crippen LogP contribution is -2.04. The molecule has 1 heterocycles. The number of nitrogens with zero attached hydrogens (tertiary/aromatic N) is 2. The van der Waals surface area contributed by atoms with Crippen LogP contribution in [0.3, 0.4) is 0 Å². The Hall–Kier alpha value is -2.10. The predicted octanol–water partition coefficient (Wildman–Crippen LogP) is 3.47. The van der Waals surface area contributed by atoms with Crippen molar-refractivity contribution in [3.8, 4) is 17.0 Å². The molecule has 2 N–H and O–H groups in total. The lowest BCUT2D eigenvalue weighted by atomic mass is 10.0. The summed E-state index contributed by atoms with van der Waals surface area (Å²) in [4.78, 5) is 8.89. The van der Waals surface area contributed by atoms with E-state index < -0.39 is 0 Å². The van der Waals surface area contributed by atoms with Gasteiger partial charge in [-0.1, -0.05) is 19.9 Å². The molecule has 0 bridgehead atoms. The van der Waals surface area contributed by atoms with Crippen molar-refractivity contribution in [1.82, 2.24) is 9.97 Å². The summed E-state index contributed by atoms with van der Waals surface area (Å²) in [7, 11) is 1.68. The SMILES string of the molecule is COc1c(-c2cc(N)nc(C(C)C)n2)ccc(C)c1C. The van der Waals surface area contributed by atoms with Crippen LogP contribution in [0.2, 0.25) is 0 Å². The van der Waals surface area contributed by atoms with Gasteiger partial charge in [0.2, 0.25) is 0 Å². The third-order valence-electron chi connectivity index (χ3n) is 3.44. The Kier molecular flexibility index (Phi) is 3.93. The first-order valence-corrected chi connectivity index (χ1v) is 6.73. The third-order valence-corrected chi connectivity index (χ3v) is 3.44. The van der Waals surface area contributed by atoms with E-state index in [1.165, 1.54) is 5.56 Å². The summed E-state index contributed by atoms with van der Waals surface area (Å²) < 4.78 is 5.55. The molecule has 0 saturated carbocycles. The average molecular weight is 271 g/mol. The average Bonchev–Trinajstić information content (AvgIpc) is 2.40. The van der Waals surface area contributed by atoms with Crippen LogP contribution in [0.25, 0.3) is 11.3 Å². The van der Waals surface area contributed by atoms with Crippen LogP contribution in [-0.2, 0) is 0 Å². The number of nitrogens with two attached hydrogens (primary N) is 1. The van der Waals surface area contributed by atoms with E-state index in [1.807, 2.05) is 13.0 Å². The minimum Gasteiger partial charge on any atom is -0.496 e. The first kappa shape index (κ1) is 14.3. The number of methoxy groups -OCH3 is 1. The molecule has 0 radical (unpaired) electrons. The number of ether oxygens (including phenoxy) is 1. The molecule has 0 aliphatic rings. The zero-order chi connectivity index (χ0) is 14.9. The van der Waals surface area contributed by atoms with Crippen LogP contribution in [0.1, 0.15) is 36.7 Å². The van der Waals surface area contributed by atoms with E-state index >= 15 is 0 Å². The fourth-order valence-electron chi connectivity index (χ4n) is 2.14. The molecule has 1 aromatic heterocycles. The Morgan fingerprint density at radius 3 is 2.45 bits per heavy atom. The van der Waals surface area contributed by atoms with E-state index in [-0.39, 0.29) is 5.92 Å². The fourth-order valence-corrected chi connectivity index (χ4v) is 2.14. The molecule has 20 heavy (non-hydrogen) atoms. The van der Waals surface area contributed by atoms with Gasteiger partial charge >= 0.3 is 0 Å². The van der Waals surface area contributed by atoms with Gasteiger partial charge in [-0.15, -0.1) is 0 Å². The maximum absolute atomic E-state index is 5.90. The minimum absolute atomic E-state index is 0.231. The van der Waals surface area contributed by atoms with Crippen LogP contribution in [0.15, 0.2) is 18.2 Å². The Balaban J connectivity index is 2.65. The molecular weight excluding hydrogens is 250 g/mol. The lowest BCUT2D eigenvalue weighted by Gasteiger charge is -2.14. The van der Waals surface area contributed by atoms with Gasteiger partial charge in [-0.25, -0.2) is 9.97 Å². The quantitative estimate of drug-likeness (QED) is 0.928. The van der Waals surface area contributed by atoms with Gasteiger partial charge in [-0.2, -0.15) is 0 Å². The number of hydrogen-bond acceptors (Lipinski definition) is 4. The second kappa shape index (κ2) is 5.49. The molecule has 0 atom stereocenters. The van der Waals surface area contributed by atoms with Crippen molar-refractivity contribution in [2.45, 2.75) is 33.6 Å². The van der Waals surface area contributed by atoms with E-state index in [1.54, 1.807) is 13.2 Å². The maximum atomic E-state index is 5.90. The summed E-state index contributed by atoms with van der Waals surface area (Å²) in [5.74, 6) is 2.31. The molecule has 0 amide bonds. The van der Waals surface area contributed by atoms with Gasteiger partial charge in [0.15, 0.2) is 0 Å². The molecule has 4 heteroatoms. The molecule has 2 aromatic rings. The highest BCUT2D eigenvalue weighted by atomic mass is 16.5. The van der Waals surface area contributed by atoms with Crippen molar-refractivity contribution in [2.24, 2.45) is 0 Å². The van der Waals surface area contributed by atoms with E-state index in [0.717, 1.165) is 28.4 Å². The highest BCUT2D eigenvalue weighted by Crippen LogP contribution is 2.34. The van der Waals surface area contributed by atoms with E-state index in [9.17, 15) is 0 Å². The summed E-state index contributed by atoms with van der Waals surface area (Å²) in [6.45, 7) is 8.22. The first-order chi connectivity index (χ1) is 9.43. The van der Waals surface area contributed by atoms with Crippen molar-refractivity contribution in [1.29, 1.82) is 0 Å². The third kappa shape index (κ3) is 2.59. The molecule has 0 aliphatic carbocycles. The van der Waals surface area contributed by atoms with Crippen molar-refractivity contribution in [2.75, 3.05) is 12.8 Å². The molecule has 0 fully saturated rings. The summed E-state index contributed by atoms with van der Waals surface area (Å²) in [5, 5.41) is 0. The van der Waals surface area contributed by atoms with Crippen LogP contribution >= 0.6 is 0 Å². The van der Waals surface area contributed by atoms with Crippen molar-refractivity contribution in [3.05, 3.63) is 35.2 Å². The van der Waals surface area contributed by atoms with Gasteiger partial charge in [0, 0.05) is 17.5 Å². The van der Waals surface area contributed by atoms with Gasteiger partial charge in [0.25, 0.3) is 0 Å². The zero-order valence-corrected chi connectivity index (χ0v) is 12.7. The van der Waals surface area contributed by atoms with E-state index in [0.29, 0.717) is 5.82 Å². The number of aromatic nitrogens is 2. The van der Waals surface area contributed by atoms with Crippen molar-refractivity contribution < 1.29 is 4.74 Å². The summed E-state index contributed by atoms with van der Waals surface area (Å²) in [5.41, 5.74) is 9.97. The summed E-state index contributed by atoms with van der Waals surface area (Å²) in [6.07, 6.45) is 0. The molecule has 2 rings (SSSR count). The Labute approximate surface area is 120 Å². The van der Waals surface area contributed by atoms with Crippen molar-refractivity contribution >= 4 is 5.82 Å². The van der Waals surface area contributed by atoms with E-state index in [2.05, 4.69) is 36.8 Å². The second-order valence-electron chi connectivity index (χ2n) is 5.28. The van der Waals surface area contributed by atoms with Crippen LogP contribution in [0, 0.1) is 13.8 Å². The molecule has 4 nitrogen and oxygen atoms in total. The number of hydrogen-bond donors (Lipinski definition) is 1. The molecule has 0 aliphatic heterocycles. The molecule has 0 spiro atoms. The standard InChI is InChI=1S/C16H21N3O/c1-9(2)16-18-13(8-14(17)19-16)12-7-6-10(3)11(4)15(12)20-5/h6-9H,1-5H3,(H2,17,18,19). The topological polar surface area (TPSA) is 61.0 Å². The van der Waals surface area contributed by atoms with Gasteiger partial charge in [-0.05, 0) is 31.0 Å². The Bertz CT molecular complexity index is 636. The van der Waals surface area contributed by atoms with Gasteiger partial charge < -0.3 is 10.5 Å². The van der Waals surface area contributed by atoms with Gasteiger partial charge in [0.1, 0.15) is 17.4 Å². The number of anilines is 1. The summed E-state index contributed by atoms with van der Waals surface area (Å²) >= 11 is 0. The molecule has 0 saturated heterocycles. The maximum Gasteiger partial charge on any atom is 0.133 e. The first-order valence-electron chi connectivity index (χ1n) is 6.73. The Morgan fingerprint density at radius 2 is 1.85 bits per heavy atom. The predicted molar refractivity (Wildman–Crippen MR) is 82.0 cm³/mol. The highest BCUT2D eigenvalue weighted by molar-refractivity contribution is 5.71. The minimum atomic E-state index is 0.231. The summed E-state index contributed by atoms with van der Waals surface area (Å²) in [6, 6.07) is 5.88. The Morgan fingerprint density at radius 1 is 1.15 bits per heavy atom. The van der Waals surface area contributed by atoms with Crippen LogP contribution in [0.5, 0.6) is 5.75 Å². The van der Waals surface area contributed by atoms with E-state index in [4.69, 9.17) is 10.5 Å². The van der Waals surface area contributed by atoms with Crippen LogP contribution in [-0.4, -0.2) is 17.1 Å². The molecule has 1 aromatic carbocycles. The molecule has 106 valence electrons. The van der Waals surface area contributed by atoms with Crippen LogP contribution in [0.4, 0.5) is 5.82 Å². The smallest absolute Gasteiger partial charge is 0.133 e. The normalized spacial score (nSPS) is 10.9. The zero-order valence-electron chi connectivity index (χ0n) is 12.7. The largest absolute Gasteiger partial charge is 0.496 e. The second-order valence-corrected chi connectivity index (χ2v) is 5.28. The number of nitrogen functional groups attached to an aromatic ring is 1. The fraction of sp³-hybridized carbons (Fsp3) is 0.375. The molecular formula is C16H21N3O. The lowest BCUT2D eigenvalue weighted by molar-refractivity contribution is 0.413. The van der Waals surface area contributed by atoms with Crippen LogP contribution < -0.4 is 10.5 Å². The number of benzene rings is 1. The van der Waals surface area contributed by atoms with Crippen molar-refractivity contribution in [3.63, 3.8) is 0 Å². The number of rotatable bonds is 3.